The van der Waals surface area contributed by atoms with Crippen molar-refractivity contribution in [2.45, 2.75) is 46.7 Å². The summed E-state index contributed by atoms with van der Waals surface area (Å²) in [5.74, 6) is 1.90. The van der Waals surface area contributed by atoms with Crippen LogP contribution in [0.5, 0.6) is 0 Å². The molecule has 8 heteroatoms. The van der Waals surface area contributed by atoms with Crippen LogP contribution in [-0.4, -0.2) is 38.9 Å². The SMILES string of the molecule is CN=C(NCCCCn1ccnc1C)NCc1c(C)nn(C)c1C.I. The lowest BCUT2D eigenvalue weighted by Gasteiger charge is -2.12. The van der Waals surface area contributed by atoms with E-state index in [9.17, 15) is 0 Å². The summed E-state index contributed by atoms with van der Waals surface area (Å²) in [6.07, 6.45) is 6.08. The average Bonchev–Trinajstić information content (AvgIpc) is 3.07. The summed E-state index contributed by atoms with van der Waals surface area (Å²) in [6.45, 7) is 8.81. The largest absolute Gasteiger partial charge is 0.356 e. The summed E-state index contributed by atoms with van der Waals surface area (Å²) in [5, 5.41) is 11.2. The van der Waals surface area contributed by atoms with Gasteiger partial charge in [0.1, 0.15) is 5.82 Å². The van der Waals surface area contributed by atoms with Crippen LogP contribution in [0.4, 0.5) is 0 Å². The van der Waals surface area contributed by atoms with E-state index in [-0.39, 0.29) is 24.0 Å². The Balaban J connectivity index is 0.00000312. The van der Waals surface area contributed by atoms with Gasteiger partial charge in [-0.05, 0) is 33.6 Å². The van der Waals surface area contributed by atoms with Crippen molar-refractivity contribution in [2.24, 2.45) is 12.0 Å². The van der Waals surface area contributed by atoms with Crippen LogP contribution in [0.2, 0.25) is 0 Å². The molecular formula is C17H30IN7. The van der Waals surface area contributed by atoms with Crippen LogP contribution in [0.1, 0.15) is 35.6 Å². The van der Waals surface area contributed by atoms with Crippen LogP contribution in [0.15, 0.2) is 17.4 Å². The van der Waals surface area contributed by atoms with Crippen LogP contribution in [0.3, 0.4) is 0 Å². The van der Waals surface area contributed by atoms with Gasteiger partial charge in [0.25, 0.3) is 0 Å². The normalized spacial score (nSPS) is 11.3. The number of aliphatic imine (C=N–C) groups is 1. The molecule has 0 radical (unpaired) electrons. The molecule has 0 saturated carbocycles. The molecule has 140 valence electrons. The lowest BCUT2D eigenvalue weighted by Crippen LogP contribution is -2.37. The van der Waals surface area contributed by atoms with Gasteiger partial charge in [-0.3, -0.25) is 9.67 Å². The van der Waals surface area contributed by atoms with E-state index in [1.807, 2.05) is 38.0 Å². The summed E-state index contributed by atoms with van der Waals surface area (Å²) in [7, 11) is 3.77. The van der Waals surface area contributed by atoms with Crippen molar-refractivity contribution in [1.82, 2.24) is 30.0 Å². The molecule has 0 bridgehead atoms. The predicted octanol–water partition coefficient (Wildman–Crippen LogP) is 2.31. The highest BCUT2D eigenvalue weighted by molar-refractivity contribution is 14.0. The maximum atomic E-state index is 4.44. The van der Waals surface area contributed by atoms with Gasteiger partial charge in [-0.15, -0.1) is 24.0 Å². The molecular weight excluding hydrogens is 429 g/mol. The molecule has 0 fully saturated rings. The molecule has 2 heterocycles. The highest BCUT2D eigenvalue weighted by Crippen LogP contribution is 2.10. The summed E-state index contributed by atoms with van der Waals surface area (Å²) < 4.78 is 4.10. The Labute approximate surface area is 167 Å². The van der Waals surface area contributed by atoms with Gasteiger partial charge in [0, 0.05) is 57.4 Å². The van der Waals surface area contributed by atoms with E-state index in [4.69, 9.17) is 0 Å². The lowest BCUT2D eigenvalue weighted by atomic mass is 10.2. The number of imidazole rings is 1. The minimum absolute atomic E-state index is 0. The first-order valence-corrected chi connectivity index (χ1v) is 8.44. The molecule has 0 aliphatic rings. The molecule has 2 aromatic rings. The van der Waals surface area contributed by atoms with Gasteiger partial charge in [0.15, 0.2) is 5.96 Å². The number of aromatic nitrogens is 4. The summed E-state index contributed by atoms with van der Waals surface area (Å²) in [4.78, 5) is 8.52. The molecule has 0 amide bonds. The Kier molecular flexibility index (Phi) is 8.95. The molecule has 7 nitrogen and oxygen atoms in total. The van der Waals surface area contributed by atoms with Gasteiger partial charge in [0.05, 0.1) is 5.69 Å². The topological polar surface area (TPSA) is 72.1 Å². The lowest BCUT2D eigenvalue weighted by molar-refractivity contribution is 0.588. The summed E-state index contributed by atoms with van der Waals surface area (Å²) in [6, 6.07) is 0. The third-order valence-electron chi connectivity index (χ3n) is 4.36. The number of rotatable bonds is 7. The van der Waals surface area contributed by atoms with Crippen molar-refractivity contribution in [2.75, 3.05) is 13.6 Å². The molecule has 25 heavy (non-hydrogen) atoms. The van der Waals surface area contributed by atoms with Gasteiger partial charge >= 0.3 is 0 Å². The maximum Gasteiger partial charge on any atom is 0.191 e. The molecule has 0 aliphatic heterocycles. The Morgan fingerprint density at radius 3 is 2.52 bits per heavy atom. The van der Waals surface area contributed by atoms with Crippen LogP contribution < -0.4 is 10.6 Å². The molecule has 0 aromatic carbocycles. The fourth-order valence-corrected chi connectivity index (χ4v) is 2.72. The number of nitrogens with one attached hydrogen (secondary N) is 2. The van der Waals surface area contributed by atoms with E-state index in [0.29, 0.717) is 0 Å². The monoisotopic (exact) mass is 459 g/mol. The molecule has 0 saturated heterocycles. The zero-order chi connectivity index (χ0) is 17.5. The van der Waals surface area contributed by atoms with Gasteiger partial charge in [-0.2, -0.15) is 5.10 Å². The highest BCUT2D eigenvalue weighted by Gasteiger charge is 2.09. The number of guanidine groups is 1. The first-order chi connectivity index (χ1) is 11.5. The fraction of sp³-hybridized carbons (Fsp3) is 0.588. The number of hydrogen-bond acceptors (Lipinski definition) is 3. The van der Waals surface area contributed by atoms with E-state index >= 15 is 0 Å². The number of aryl methyl sites for hydroxylation is 4. The summed E-state index contributed by atoms with van der Waals surface area (Å²) in [5.41, 5.74) is 3.48. The van der Waals surface area contributed by atoms with Gasteiger partial charge in [-0.25, -0.2) is 4.98 Å². The first-order valence-electron chi connectivity index (χ1n) is 8.44. The quantitative estimate of drug-likeness (QED) is 0.289. The second-order valence-corrected chi connectivity index (χ2v) is 6.00. The maximum absolute atomic E-state index is 4.44. The minimum atomic E-state index is 0. The number of nitrogens with zero attached hydrogens (tertiary/aromatic N) is 5. The molecule has 0 aliphatic carbocycles. The smallest absolute Gasteiger partial charge is 0.191 e. The van der Waals surface area contributed by atoms with Crippen molar-refractivity contribution in [3.63, 3.8) is 0 Å². The standard InChI is InChI=1S/C17H29N7.HI/c1-13-16(14(2)23(5)22-13)12-21-17(18-4)20-8-6-7-10-24-11-9-19-15(24)3;/h9,11H,6-8,10,12H2,1-5H3,(H2,18,20,21);1H. The van der Waals surface area contributed by atoms with Crippen LogP contribution >= 0.6 is 24.0 Å². The Morgan fingerprint density at radius 1 is 1.20 bits per heavy atom. The Hall–Kier alpha value is -1.58. The van der Waals surface area contributed by atoms with E-state index in [1.54, 1.807) is 7.05 Å². The minimum Gasteiger partial charge on any atom is -0.356 e. The van der Waals surface area contributed by atoms with E-state index in [1.165, 1.54) is 11.3 Å². The van der Waals surface area contributed by atoms with Crippen molar-refractivity contribution >= 4 is 29.9 Å². The van der Waals surface area contributed by atoms with Crippen LogP contribution in [0.25, 0.3) is 0 Å². The fourth-order valence-electron chi connectivity index (χ4n) is 2.72. The molecule has 0 atom stereocenters. The molecule has 2 N–H and O–H groups in total. The van der Waals surface area contributed by atoms with E-state index in [0.717, 1.165) is 50.0 Å². The number of unbranched alkanes of at least 4 members (excludes halogenated alkanes) is 1. The van der Waals surface area contributed by atoms with Crippen LogP contribution in [-0.2, 0) is 20.1 Å². The second kappa shape index (κ2) is 10.4. The number of halogens is 1. The zero-order valence-electron chi connectivity index (χ0n) is 15.8. The zero-order valence-corrected chi connectivity index (χ0v) is 18.2. The van der Waals surface area contributed by atoms with Gasteiger partial charge in [-0.1, -0.05) is 0 Å². The average molecular weight is 459 g/mol. The van der Waals surface area contributed by atoms with Crippen molar-refractivity contribution in [3.05, 3.63) is 35.2 Å². The molecule has 0 unspecified atom stereocenters. The number of hydrogen-bond donors (Lipinski definition) is 2. The third-order valence-corrected chi connectivity index (χ3v) is 4.36. The van der Waals surface area contributed by atoms with E-state index in [2.05, 4.69) is 37.2 Å². The Morgan fingerprint density at radius 2 is 1.96 bits per heavy atom. The molecule has 2 rings (SSSR count). The van der Waals surface area contributed by atoms with Crippen molar-refractivity contribution in [3.8, 4) is 0 Å². The third kappa shape index (κ3) is 6.02. The van der Waals surface area contributed by atoms with E-state index < -0.39 is 0 Å². The second-order valence-electron chi connectivity index (χ2n) is 6.00. The van der Waals surface area contributed by atoms with Crippen LogP contribution in [0, 0.1) is 20.8 Å². The molecule has 0 spiro atoms. The van der Waals surface area contributed by atoms with Gasteiger partial charge in [0.2, 0.25) is 0 Å². The molecule has 2 aromatic heterocycles. The predicted molar refractivity (Wildman–Crippen MR) is 112 cm³/mol. The van der Waals surface area contributed by atoms with Gasteiger partial charge < -0.3 is 15.2 Å². The first kappa shape index (κ1) is 21.5. The highest BCUT2D eigenvalue weighted by atomic mass is 127. The van der Waals surface area contributed by atoms with Crippen molar-refractivity contribution in [1.29, 1.82) is 0 Å². The Bertz CT molecular complexity index is 687. The summed E-state index contributed by atoms with van der Waals surface area (Å²) >= 11 is 0. The van der Waals surface area contributed by atoms with Crippen molar-refractivity contribution < 1.29 is 0 Å².